The predicted molar refractivity (Wildman–Crippen MR) is 84.4 cm³/mol. The van der Waals surface area contributed by atoms with Gasteiger partial charge >= 0.3 is 0 Å². The molecule has 2 aromatic rings. The number of nitrogens with one attached hydrogen (secondary N) is 1. The van der Waals surface area contributed by atoms with Crippen LogP contribution in [0.4, 0.5) is 15.8 Å². The van der Waals surface area contributed by atoms with E-state index in [2.05, 4.69) is 21.2 Å². The van der Waals surface area contributed by atoms with Gasteiger partial charge in [0.05, 0.1) is 5.69 Å². The van der Waals surface area contributed by atoms with Gasteiger partial charge in [-0.2, -0.15) is 0 Å². The van der Waals surface area contributed by atoms with Crippen molar-refractivity contribution in [2.24, 2.45) is 5.73 Å². The first-order valence-corrected chi connectivity index (χ1v) is 6.80. The number of benzene rings is 2. The van der Waals surface area contributed by atoms with Crippen LogP contribution in [0.2, 0.25) is 0 Å². The molecule has 0 radical (unpaired) electrons. The summed E-state index contributed by atoms with van der Waals surface area (Å²) in [6, 6.07) is 10.3. The Morgan fingerprint density at radius 3 is 2.63 bits per heavy atom. The van der Waals surface area contributed by atoms with Gasteiger partial charge in [0, 0.05) is 15.7 Å². The first-order chi connectivity index (χ1) is 8.97. The molecule has 2 nitrogen and oxygen atoms in total. The Bertz CT molecular complexity index is 643. The van der Waals surface area contributed by atoms with Gasteiger partial charge in [-0.15, -0.1) is 0 Å². The minimum absolute atomic E-state index is 0.276. The lowest BCUT2D eigenvalue weighted by molar-refractivity contribution is 0.631. The highest BCUT2D eigenvalue weighted by molar-refractivity contribution is 9.10. The smallest absolute Gasteiger partial charge is 0.146 e. The lowest BCUT2D eigenvalue weighted by atomic mass is 10.1. The van der Waals surface area contributed by atoms with Crippen LogP contribution in [0.3, 0.4) is 0 Å². The van der Waals surface area contributed by atoms with Gasteiger partial charge in [-0.3, -0.25) is 0 Å². The van der Waals surface area contributed by atoms with E-state index in [1.54, 1.807) is 12.1 Å². The number of aryl methyl sites for hydroxylation is 1. The number of anilines is 2. The standard InChI is InChI=1S/C14H12BrFN2S/c1-8-2-4-10(14(17)19)12(6-8)18-13-7-9(15)3-5-11(13)16/h2-7,18H,1H3,(H2,17,19). The molecule has 0 spiro atoms. The molecule has 3 N–H and O–H groups in total. The fraction of sp³-hybridized carbons (Fsp3) is 0.0714. The number of hydrogen-bond donors (Lipinski definition) is 2. The largest absolute Gasteiger partial charge is 0.389 e. The maximum Gasteiger partial charge on any atom is 0.146 e. The van der Waals surface area contributed by atoms with E-state index in [1.807, 2.05) is 25.1 Å². The van der Waals surface area contributed by atoms with Crippen LogP contribution in [0, 0.1) is 12.7 Å². The third-order valence-corrected chi connectivity index (χ3v) is 3.35. The van der Waals surface area contributed by atoms with Gasteiger partial charge in [0.25, 0.3) is 0 Å². The molecule has 5 heteroatoms. The maximum atomic E-state index is 13.7. The molecule has 0 atom stereocenters. The molecule has 0 unspecified atom stereocenters. The van der Waals surface area contributed by atoms with Crippen molar-refractivity contribution >= 4 is 44.5 Å². The summed E-state index contributed by atoms with van der Waals surface area (Å²) in [5, 5.41) is 3.03. The highest BCUT2D eigenvalue weighted by Crippen LogP contribution is 2.26. The molecule has 0 aliphatic carbocycles. The second-order valence-electron chi connectivity index (χ2n) is 4.16. The van der Waals surface area contributed by atoms with Crippen molar-refractivity contribution < 1.29 is 4.39 Å². The third kappa shape index (κ3) is 3.30. The average molecular weight is 339 g/mol. The van der Waals surface area contributed by atoms with Crippen molar-refractivity contribution in [3.63, 3.8) is 0 Å². The van der Waals surface area contributed by atoms with Crippen LogP contribution in [-0.4, -0.2) is 4.99 Å². The van der Waals surface area contributed by atoms with Crippen molar-refractivity contribution in [3.8, 4) is 0 Å². The highest BCUT2D eigenvalue weighted by Gasteiger charge is 2.09. The molecule has 2 aromatic carbocycles. The summed E-state index contributed by atoms with van der Waals surface area (Å²) < 4.78 is 14.5. The summed E-state index contributed by atoms with van der Waals surface area (Å²) in [6.07, 6.45) is 0. The minimum Gasteiger partial charge on any atom is -0.389 e. The first kappa shape index (κ1) is 14.0. The summed E-state index contributed by atoms with van der Waals surface area (Å²) in [4.78, 5) is 0.276. The van der Waals surface area contributed by atoms with E-state index in [-0.39, 0.29) is 10.8 Å². The molecule has 0 heterocycles. The Kier molecular flexibility index (Phi) is 4.17. The number of thiocarbonyl (C=S) groups is 1. The molecule has 0 fully saturated rings. The van der Waals surface area contributed by atoms with Crippen molar-refractivity contribution in [1.82, 2.24) is 0 Å². The van der Waals surface area contributed by atoms with Crippen molar-refractivity contribution in [2.45, 2.75) is 6.92 Å². The second kappa shape index (κ2) is 5.67. The predicted octanol–water partition coefficient (Wildman–Crippen LogP) is 4.27. The minimum atomic E-state index is -0.335. The summed E-state index contributed by atoms with van der Waals surface area (Å²) in [7, 11) is 0. The Balaban J connectivity index is 2.45. The Hall–Kier alpha value is -1.46. The summed E-state index contributed by atoms with van der Waals surface area (Å²) in [5.41, 5.74) is 8.48. The zero-order valence-electron chi connectivity index (χ0n) is 10.2. The van der Waals surface area contributed by atoms with E-state index in [4.69, 9.17) is 18.0 Å². The van der Waals surface area contributed by atoms with Crippen LogP contribution in [0.25, 0.3) is 0 Å². The molecule has 2 rings (SSSR count). The SMILES string of the molecule is Cc1ccc(C(N)=S)c(Nc2cc(Br)ccc2F)c1. The Morgan fingerprint density at radius 1 is 1.21 bits per heavy atom. The normalized spacial score (nSPS) is 10.3. The molecule has 0 amide bonds. The van der Waals surface area contributed by atoms with E-state index in [1.165, 1.54) is 6.07 Å². The molecule has 0 aliphatic rings. The maximum absolute atomic E-state index is 13.7. The first-order valence-electron chi connectivity index (χ1n) is 5.60. The fourth-order valence-corrected chi connectivity index (χ4v) is 2.25. The quantitative estimate of drug-likeness (QED) is 0.820. The summed E-state index contributed by atoms with van der Waals surface area (Å²) in [5.74, 6) is -0.335. The number of hydrogen-bond acceptors (Lipinski definition) is 2. The van der Waals surface area contributed by atoms with E-state index >= 15 is 0 Å². The lowest BCUT2D eigenvalue weighted by Crippen LogP contribution is -2.12. The van der Waals surface area contributed by atoms with Crippen LogP contribution in [0.1, 0.15) is 11.1 Å². The van der Waals surface area contributed by atoms with Crippen molar-refractivity contribution in [2.75, 3.05) is 5.32 Å². The highest BCUT2D eigenvalue weighted by atomic mass is 79.9. The molecule has 0 bridgehead atoms. The number of rotatable bonds is 3. The molecule has 98 valence electrons. The van der Waals surface area contributed by atoms with Gasteiger partial charge in [-0.05, 0) is 42.8 Å². The van der Waals surface area contributed by atoms with Crippen molar-refractivity contribution in [1.29, 1.82) is 0 Å². The number of halogens is 2. The Labute approximate surface area is 124 Å². The Morgan fingerprint density at radius 2 is 1.95 bits per heavy atom. The number of nitrogens with two attached hydrogens (primary N) is 1. The van der Waals surface area contributed by atoms with Gasteiger partial charge in [0.1, 0.15) is 10.8 Å². The van der Waals surface area contributed by atoms with Gasteiger partial charge in [-0.1, -0.05) is 34.2 Å². The van der Waals surface area contributed by atoms with E-state index in [9.17, 15) is 4.39 Å². The van der Waals surface area contributed by atoms with Crippen LogP contribution in [-0.2, 0) is 0 Å². The van der Waals surface area contributed by atoms with E-state index in [0.29, 0.717) is 16.9 Å². The van der Waals surface area contributed by atoms with E-state index < -0.39 is 0 Å². The zero-order valence-corrected chi connectivity index (χ0v) is 12.6. The fourth-order valence-electron chi connectivity index (χ4n) is 1.71. The molecule has 0 saturated heterocycles. The van der Waals surface area contributed by atoms with Gasteiger partial charge in [0.15, 0.2) is 0 Å². The summed E-state index contributed by atoms with van der Waals surface area (Å²) >= 11 is 8.32. The molecule has 19 heavy (non-hydrogen) atoms. The molecule has 0 aromatic heterocycles. The lowest BCUT2D eigenvalue weighted by Gasteiger charge is -2.13. The van der Waals surface area contributed by atoms with Crippen molar-refractivity contribution in [3.05, 3.63) is 57.8 Å². The second-order valence-corrected chi connectivity index (χ2v) is 5.52. The monoisotopic (exact) mass is 338 g/mol. The van der Waals surface area contributed by atoms with Gasteiger partial charge in [-0.25, -0.2) is 4.39 Å². The van der Waals surface area contributed by atoms with Crippen LogP contribution in [0.5, 0.6) is 0 Å². The molecule has 0 aliphatic heterocycles. The van der Waals surface area contributed by atoms with Crippen LogP contribution in [0.15, 0.2) is 40.9 Å². The molecular weight excluding hydrogens is 327 g/mol. The topological polar surface area (TPSA) is 38.0 Å². The molecule has 0 saturated carbocycles. The van der Waals surface area contributed by atoms with E-state index in [0.717, 1.165) is 10.0 Å². The molecular formula is C14H12BrFN2S. The third-order valence-electron chi connectivity index (χ3n) is 2.64. The average Bonchev–Trinajstić information content (AvgIpc) is 2.33. The van der Waals surface area contributed by atoms with Gasteiger partial charge in [0.2, 0.25) is 0 Å². The summed E-state index contributed by atoms with van der Waals surface area (Å²) in [6.45, 7) is 1.95. The zero-order chi connectivity index (χ0) is 14.0. The van der Waals surface area contributed by atoms with Crippen LogP contribution < -0.4 is 11.1 Å². The van der Waals surface area contributed by atoms with Crippen LogP contribution >= 0.6 is 28.1 Å². The van der Waals surface area contributed by atoms with Gasteiger partial charge < -0.3 is 11.1 Å².